The van der Waals surface area contributed by atoms with Gasteiger partial charge in [-0.2, -0.15) is 0 Å². The average molecular weight is 306 g/mol. The normalized spacial score (nSPS) is 14.8. The van der Waals surface area contributed by atoms with Gasteiger partial charge in [-0.05, 0) is 31.7 Å². The molecule has 1 aromatic rings. The number of aryl methyl sites for hydroxylation is 1. The van der Waals surface area contributed by atoms with Crippen LogP contribution in [0.3, 0.4) is 0 Å². The number of aromatic nitrogens is 1. The van der Waals surface area contributed by atoms with Crippen molar-refractivity contribution in [1.82, 2.24) is 10.3 Å². The third kappa shape index (κ3) is 4.68. The number of amides is 1. The Balaban J connectivity index is 1.68. The minimum Gasteiger partial charge on any atom is -0.368 e. The van der Waals surface area contributed by atoms with Crippen LogP contribution in [0.25, 0.3) is 0 Å². The quantitative estimate of drug-likeness (QED) is 0.458. The van der Waals surface area contributed by atoms with Crippen LogP contribution in [0.1, 0.15) is 37.7 Å². The smallest absolute Gasteiger partial charge is 0.290 e. The summed E-state index contributed by atoms with van der Waals surface area (Å²) < 4.78 is 0. The molecule has 120 valence electrons. The maximum absolute atomic E-state index is 11.8. The van der Waals surface area contributed by atoms with Gasteiger partial charge in [0, 0.05) is 25.1 Å². The van der Waals surface area contributed by atoms with E-state index in [2.05, 4.69) is 15.6 Å². The summed E-state index contributed by atoms with van der Waals surface area (Å²) in [6, 6.07) is 1.64. The van der Waals surface area contributed by atoms with Crippen molar-refractivity contribution < 1.29 is 9.72 Å². The minimum absolute atomic E-state index is 0.00964. The first-order chi connectivity index (χ1) is 10.6. The topological polar surface area (TPSA) is 97.2 Å². The van der Waals surface area contributed by atoms with E-state index in [1.165, 1.54) is 19.0 Å². The number of anilines is 1. The molecule has 2 N–H and O–H groups in total. The molecule has 0 spiro atoms. The van der Waals surface area contributed by atoms with Crippen LogP contribution in [0.15, 0.2) is 12.3 Å². The van der Waals surface area contributed by atoms with Gasteiger partial charge in [-0.3, -0.25) is 14.9 Å². The fourth-order valence-corrected chi connectivity index (χ4v) is 2.78. The third-order valence-corrected chi connectivity index (χ3v) is 3.98. The molecule has 1 aliphatic carbocycles. The maximum Gasteiger partial charge on any atom is 0.290 e. The molecule has 0 aromatic carbocycles. The van der Waals surface area contributed by atoms with Gasteiger partial charge in [0.05, 0.1) is 4.92 Å². The molecule has 0 unspecified atom stereocenters. The van der Waals surface area contributed by atoms with Gasteiger partial charge in [-0.25, -0.2) is 4.98 Å². The van der Waals surface area contributed by atoms with Crippen LogP contribution >= 0.6 is 0 Å². The molecule has 0 bridgehead atoms. The molecule has 1 aliphatic rings. The number of nitrogens with one attached hydrogen (secondary N) is 2. The van der Waals surface area contributed by atoms with E-state index in [1.807, 2.05) is 0 Å². The summed E-state index contributed by atoms with van der Waals surface area (Å²) >= 11 is 0. The molecule has 1 heterocycles. The first kappa shape index (κ1) is 16.2. The van der Waals surface area contributed by atoms with Crippen LogP contribution in [0, 0.1) is 23.0 Å². The summed E-state index contributed by atoms with van der Waals surface area (Å²) in [6.07, 6.45) is 6.68. The van der Waals surface area contributed by atoms with Crippen LogP contribution in [0.2, 0.25) is 0 Å². The highest BCUT2D eigenvalue weighted by atomic mass is 16.6. The molecule has 2 rings (SSSR count). The number of pyridine rings is 1. The Hall–Kier alpha value is -2.18. The molecule has 7 heteroatoms. The van der Waals surface area contributed by atoms with Gasteiger partial charge in [0.2, 0.25) is 5.91 Å². The SMILES string of the molecule is Cc1cc(NCCNC(=O)CC2CCCC2)ncc1[N+](=O)[O-]. The number of hydrogen-bond acceptors (Lipinski definition) is 5. The Bertz CT molecular complexity index is 542. The second kappa shape index (κ2) is 7.72. The van der Waals surface area contributed by atoms with Crippen molar-refractivity contribution in [3.05, 3.63) is 27.9 Å². The highest BCUT2D eigenvalue weighted by Gasteiger charge is 2.18. The summed E-state index contributed by atoms with van der Waals surface area (Å²) in [7, 11) is 0. The monoisotopic (exact) mass is 306 g/mol. The number of nitrogens with zero attached hydrogens (tertiary/aromatic N) is 2. The Labute approximate surface area is 129 Å². The molecule has 1 amide bonds. The van der Waals surface area contributed by atoms with Gasteiger partial charge in [0.25, 0.3) is 5.69 Å². The van der Waals surface area contributed by atoms with E-state index < -0.39 is 4.92 Å². The average Bonchev–Trinajstić information content (AvgIpc) is 2.96. The van der Waals surface area contributed by atoms with E-state index in [0.717, 1.165) is 12.8 Å². The van der Waals surface area contributed by atoms with E-state index in [1.54, 1.807) is 13.0 Å². The third-order valence-electron chi connectivity index (χ3n) is 3.98. The standard InChI is InChI=1S/C15H22N4O3/c1-11-8-14(18-10-13(11)19(21)22)16-6-7-17-15(20)9-12-4-2-3-5-12/h8,10,12H,2-7,9H2,1H3,(H,16,18)(H,17,20). The molecular weight excluding hydrogens is 284 g/mol. The number of carbonyl (C=O) groups excluding carboxylic acids is 1. The highest BCUT2D eigenvalue weighted by molar-refractivity contribution is 5.76. The predicted molar refractivity (Wildman–Crippen MR) is 83.7 cm³/mol. The predicted octanol–water partition coefficient (Wildman–Crippen LogP) is 2.41. The Morgan fingerprint density at radius 2 is 2.14 bits per heavy atom. The van der Waals surface area contributed by atoms with Crippen molar-refractivity contribution >= 4 is 17.4 Å². The van der Waals surface area contributed by atoms with Crippen LogP contribution in [-0.4, -0.2) is 28.9 Å². The minimum atomic E-state index is -0.449. The fraction of sp³-hybridized carbons (Fsp3) is 0.600. The lowest BCUT2D eigenvalue weighted by Gasteiger charge is -2.10. The first-order valence-corrected chi connectivity index (χ1v) is 7.68. The van der Waals surface area contributed by atoms with Crippen molar-refractivity contribution in [3.63, 3.8) is 0 Å². The van der Waals surface area contributed by atoms with Crippen LogP contribution in [-0.2, 0) is 4.79 Å². The van der Waals surface area contributed by atoms with Gasteiger partial charge in [0.15, 0.2) is 0 Å². The van der Waals surface area contributed by atoms with E-state index in [9.17, 15) is 14.9 Å². The van der Waals surface area contributed by atoms with Crippen molar-refractivity contribution in [2.24, 2.45) is 5.92 Å². The Morgan fingerprint density at radius 1 is 1.41 bits per heavy atom. The summed E-state index contributed by atoms with van der Waals surface area (Å²) in [4.78, 5) is 26.0. The maximum atomic E-state index is 11.8. The molecule has 0 aliphatic heterocycles. The van der Waals surface area contributed by atoms with E-state index in [0.29, 0.717) is 36.8 Å². The zero-order chi connectivity index (χ0) is 15.9. The molecule has 0 atom stereocenters. The van der Waals surface area contributed by atoms with E-state index >= 15 is 0 Å². The number of rotatable bonds is 7. The zero-order valence-electron chi connectivity index (χ0n) is 12.8. The first-order valence-electron chi connectivity index (χ1n) is 7.68. The Kier molecular flexibility index (Phi) is 5.68. The van der Waals surface area contributed by atoms with Crippen molar-refractivity contribution in [1.29, 1.82) is 0 Å². The van der Waals surface area contributed by atoms with Gasteiger partial charge in [-0.15, -0.1) is 0 Å². The summed E-state index contributed by atoms with van der Waals surface area (Å²) in [5, 5.41) is 16.6. The lowest BCUT2D eigenvalue weighted by molar-refractivity contribution is -0.385. The second-order valence-electron chi connectivity index (χ2n) is 5.74. The molecule has 0 radical (unpaired) electrons. The molecule has 1 fully saturated rings. The summed E-state index contributed by atoms with van der Waals surface area (Å²) in [5.74, 6) is 1.22. The van der Waals surface area contributed by atoms with Gasteiger partial charge in [0.1, 0.15) is 12.0 Å². The molecule has 0 saturated heterocycles. The van der Waals surface area contributed by atoms with Gasteiger partial charge >= 0.3 is 0 Å². The molecule has 1 saturated carbocycles. The van der Waals surface area contributed by atoms with Crippen LogP contribution < -0.4 is 10.6 Å². The Morgan fingerprint density at radius 3 is 2.77 bits per heavy atom. The fourth-order valence-electron chi connectivity index (χ4n) is 2.78. The van der Waals surface area contributed by atoms with Crippen molar-refractivity contribution in [2.45, 2.75) is 39.0 Å². The molecule has 22 heavy (non-hydrogen) atoms. The summed E-state index contributed by atoms with van der Waals surface area (Å²) in [5.41, 5.74) is 0.572. The zero-order valence-corrected chi connectivity index (χ0v) is 12.8. The molecule has 7 nitrogen and oxygen atoms in total. The van der Waals surface area contributed by atoms with Crippen LogP contribution in [0.4, 0.5) is 11.5 Å². The van der Waals surface area contributed by atoms with Gasteiger partial charge in [-0.1, -0.05) is 12.8 Å². The van der Waals surface area contributed by atoms with Gasteiger partial charge < -0.3 is 10.6 Å². The molecule has 1 aromatic heterocycles. The number of carbonyl (C=O) groups is 1. The number of hydrogen-bond donors (Lipinski definition) is 2. The van der Waals surface area contributed by atoms with Crippen LogP contribution in [0.5, 0.6) is 0 Å². The van der Waals surface area contributed by atoms with E-state index in [-0.39, 0.29) is 11.6 Å². The molecular formula is C15H22N4O3. The largest absolute Gasteiger partial charge is 0.368 e. The lowest BCUT2D eigenvalue weighted by Crippen LogP contribution is -2.30. The summed E-state index contributed by atoms with van der Waals surface area (Å²) in [6.45, 7) is 2.73. The number of nitro groups is 1. The second-order valence-corrected chi connectivity index (χ2v) is 5.74. The van der Waals surface area contributed by atoms with Crippen molar-refractivity contribution in [3.8, 4) is 0 Å². The lowest BCUT2D eigenvalue weighted by atomic mass is 10.0. The van der Waals surface area contributed by atoms with E-state index in [4.69, 9.17) is 0 Å². The van der Waals surface area contributed by atoms with Crippen molar-refractivity contribution in [2.75, 3.05) is 18.4 Å². The highest BCUT2D eigenvalue weighted by Crippen LogP contribution is 2.27.